The van der Waals surface area contributed by atoms with E-state index in [2.05, 4.69) is 15.9 Å². The van der Waals surface area contributed by atoms with Gasteiger partial charge in [-0.25, -0.2) is 0 Å². The van der Waals surface area contributed by atoms with Crippen molar-refractivity contribution >= 4 is 17.3 Å². The van der Waals surface area contributed by atoms with E-state index in [0.29, 0.717) is 18.8 Å². The first-order valence-corrected chi connectivity index (χ1v) is 9.39. The Bertz CT molecular complexity index is 764. The average molecular weight is 351 g/mol. The summed E-state index contributed by atoms with van der Waals surface area (Å²) in [5, 5.41) is 10.3. The molecule has 26 heavy (non-hydrogen) atoms. The minimum atomic E-state index is 0.0836. The molecule has 5 heteroatoms. The van der Waals surface area contributed by atoms with Gasteiger partial charge in [0.25, 0.3) is 5.91 Å². The van der Waals surface area contributed by atoms with Gasteiger partial charge < -0.3 is 19.8 Å². The zero-order chi connectivity index (χ0) is 17.9. The average Bonchev–Trinajstić information content (AvgIpc) is 3.23. The van der Waals surface area contributed by atoms with E-state index in [1.165, 1.54) is 18.5 Å². The molecule has 0 unspecified atom stereocenters. The van der Waals surface area contributed by atoms with Crippen LogP contribution in [0, 0.1) is 0 Å². The second-order valence-corrected chi connectivity index (χ2v) is 7.01. The molecule has 2 saturated heterocycles. The first-order chi connectivity index (χ1) is 12.7. The van der Waals surface area contributed by atoms with Crippen molar-refractivity contribution in [3.8, 4) is 5.75 Å². The van der Waals surface area contributed by atoms with Gasteiger partial charge in [-0.3, -0.25) is 4.79 Å². The van der Waals surface area contributed by atoms with Gasteiger partial charge in [0.1, 0.15) is 5.75 Å². The van der Waals surface area contributed by atoms with Crippen molar-refractivity contribution in [2.24, 2.45) is 0 Å². The number of carbonyl (C=O) groups is 1. The minimum Gasteiger partial charge on any atom is -0.506 e. The van der Waals surface area contributed by atoms with E-state index in [1.54, 1.807) is 6.07 Å². The lowest BCUT2D eigenvalue weighted by Crippen LogP contribution is -2.48. The molecule has 1 amide bonds. The van der Waals surface area contributed by atoms with Gasteiger partial charge in [0.2, 0.25) is 0 Å². The maximum Gasteiger partial charge on any atom is 0.253 e. The van der Waals surface area contributed by atoms with Crippen molar-refractivity contribution in [1.29, 1.82) is 0 Å². The molecule has 0 aromatic heterocycles. The van der Waals surface area contributed by atoms with Crippen LogP contribution >= 0.6 is 0 Å². The first kappa shape index (κ1) is 16.8. The molecule has 2 aromatic rings. The highest BCUT2D eigenvalue weighted by Gasteiger charge is 2.24. The lowest BCUT2D eigenvalue weighted by atomic mass is 10.1. The number of hydrogen-bond acceptors (Lipinski definition) is 4. The van der Waals surface area contributed by atoms with Crippen LogP contribution in [0.3, 0.4) is 0 Å². The summed E-state index contributed by atoms with van der Waals surface area (Å²) in [6.45, 7) is 4.97. The lowest BCUT2D eigenvalue weighted by molar-refractivity contribution is 0.0746. The Morgan fingerprint density at radius 3 is 2.19 bits per heavy atom. The molecule has 2 aliphatic heterocycles. The second-order valence-electron chi connectivity index (χ2n) is 7.01. The van der Waals surface area contributed by atoms with E-state index in [1.807, 2.05) is 41.3 Å². The predicted octanol–water partition coefficient (Wildman–Crippen LogP) is 2.95. The standard InChI is InChI=1S/C21H25N3O2/c25-20-9-8-18(22-10-4-5-11-22)16-19(20)23-12-14-24(15-13-23)21(26)17-6-2-1-3-7-17/h1-3,6-9,16,25H,4-5,10-15H2. The number of rotatable bonds is 3. The fraction of sp³-hybridized carbons (Fsp3) is 0.381. The molecular weight excluding hydrogens is 326 g/mol. The highest BCUT2D eigenvalue weighted by Crippen LogP contribution is 2.33. The van der Waals surface area contributed by atoms with Crippen LogP contribution in [0.25, 0.3) is 0 Å². The van der Waals surface area contributed by atoms with Crippen LogP contribution < -0.4 is 9.80 Å². The zero-order valence-corrected chi connectivity index (χ0v) is 15.0. The highest BCUT2D eigenvalue weighted by molar-refractivity contribution is 5.94. The normalized spacial score (nSPS) is 17.6. The fourth-order valence-electron chi connectivity index (χ4n) is 3.85. The van der Waals surface area contributed by atoms with Gasteiger partial charge in [-0.2, -0.15) is 0 Å². The summed E-state index contributed by atoms with van der Waals surface area (Å²) in [6.07, 6.45) is 2.47. The summed E-state index contributed by atoms with van der Waals surface area (Å²) >= 11 is 0. The molecule has 0 spiro atoms. The van der Waals surface area contributed by atoms with Gasteiger partial charge in [0.05, 0.1) is 5.69 Å². The van der Waals surface area contributed by atoms with E-state index in [4.69, 9.17) is 0 Å². The minimum absolute atomic E-state index is 0.0836. The molecular formula is C21H25N3O2. The van der Waals surface area contributed by atoms with E-state index in [-0.39, 0.29) is 5.91 Å². The molecule has 136 valence electrons. The number of hydrogen-bond donors (Lipinski definition) is 1. The molecule has 0 radical (unpaired) electrons. The van der Waals surface area contributed by atoms with E-state index in [0.717, 1.165) is 37.4 Å². The number of phenolic OH excluding ortho intramolecular Hbond substituents is 1. The van der Waals surface area contributed by atoms with Crippen LogP contribution in [-0.2, 0) is 0 Å². The summed E-state index contributed by atoms with van der Waals surface area (Å²) in [4.78, 5) is 19.0. The van der Waals surface area contributed by atoms with Crippen LogP contribution in [0.4, 0.5) is 11.4 Å². The molecule has 5 nitrogen and oxygen atoms in total. The lowest BCUT2D eigenvalue weighted by Gasteiger charge is -2.36. The summed E-state index contributed by atoms with van der Waals surface area (Å²) in [5.41, 5.74) is 2.79. The van der Waals surface area contributed by atoms with Crippen molar-refractivity contribution in [1.82, 2.24) is 4.90 Å². The fourth-order valence-corrected chi connectivity index (χ4v) is 3.85. The Balaban J connectivity index is 1.44. The van der Waals surface area contributed by atoms with Crippen molar-refractivity contribution < 1.29 is 9.90 Å². The molecule has 4 rings (SSSR count). The number of benzene rings is 2. The summed E-state index contributed by atoms with van der Waals surface area (Å²) < 4.78 is 0. The largest absolute Gasteiger partial charge is 0.506 e. The van der Waals surface area contributed by atoms with E-state index >= 15 is 0 Å². The Kier molecular flexibility index (Phi) is 4.69. The predicted molar refractivity (Wildman–Crippen MR) is 104 cm³/mol. The number of amides is 1. The first-order valence-electron chi connectivity index (χ1n) is 9.39. The number of phenols is 1. The van der Waals surface area contributed by atoms with Crippen LogP contribution in [-0.4, -0.2) is 55.2 Å². The smallest absolute Gasteiger partial charge is 0.253 e. The summed E-state index contributed by atoms with van der Waals surface area (Å²) in [5.74, 6) is 0.399. The van der Waals surface area contributed by atoms with Crippen molar-refractivity contribution in [3.05, 3.63) is 54.1 Å². The SMILES string of the molecule is O=C(c1ccccc1)N1CCN(c2cc(N3CCCC3)ccc2O)CC1. The van der Waals surface area contributed by atoms with Crippen LogP contribution in [0.15, 0.2) is 48.5 Å². The van der Waals surface area contributed by atoms with Gasteiger partial charge in [0, 0.05) is 50.5 Å². The molecule has 0 atom stereocenters. The summed E-state index contributed by atoms with van der Waals surface area (Å²) in [7, 11) is 0. The second kappa shape index (κ2) is 7.28. The molecule has 0 saturated carbocycles. The molecule has 2 heterocycles. The van der Waals surface area contributed by atoms with Gasteiger partial charge in [0.15, 0.2) is 0 Å². The van der Waals surface area contributed by atoms with Gasteiger partial charge in [-0.1, -0.05) is 18.2 Å². The van der Waals surface area contributed by atoms with Gasteiger partial charge in [-0.05, 0) is 43.2 Å². The summed E-state index contributed by atoms with van der Waals surface area (Å²) in [6, 6.07) is 15.3. The quantitative estimate of drug-likeness (QED) is 0.924. The number of anilines is 2. The van der Waals surface area contributed by atoms with E-state index in [9.17, 15) is 9.90 Å². The third kappa shape index (κ3) is 3.34. The topological polar surface area (TPSA) is 47.0 Å². The van der Waals surface area contributed by atoms with Gasteiger partial charge in [-0.15, -0.1) is 0 Å². The maximum atomic E-state index is 12.6. The van der Waals surface area contributed by atoms with Crippen LogP contribution in [0.5, 0.6) is 5.75 Å². The Morgan fingerprint density at radius 1 is 0.808 bits per heavy atom. The highest BCUT2D eigenvalue weighted by atomic mass is 16.3. The molecule has 2 aliphatic rings. The maximum absolute atomic E-state index is 12.6. The molecule has 0 aliphatic carbocycles. The molecule has 1 N–H and O–H groups in total. The van der Waals surface area contributed by atoms with Crippen molar-refractivity contribution in [2.75, 3.05) is 49.1 Å². The van der Waals surface area contributed by atoms with Crippen LogP contribution in [0.2, 0.25) is 0 Å². The third-order valence-corrected chi connectivity index (χ3v) is 5.36. The molecule has 2 fully saturated rings. The van der Waals surface area contributed by atoms with Crippen molar-refractivity contribution in [2.45, 2.75) is 12.8 Å². The van der Waals surface area contributed by atoms with Crippen molar-refractivity contribution in [3.63, 3.8) is 0 Å². The number of nitrogens with zero attached hydrogens (tertiary/aromatic N) is 3. The number of carbonyl (C=O) groups excluding carboxylic acids is 1. The van der Waals surface area contributed by atoms with Crippen LogP contribution in [0.1, 0.15) is 23.2 Å². The number of aromatic hydroxyl groups is 1. The Morgan fingerprint density at radius 2 is 1.50 bits per heavy atom. The molecule has 2 aromatic carbocycles. The van der Waals surface area contributed by atoms with Gasteiger partial charge >= 0.3 is 0 Å². The Hall–Kier alpha value is -2.69. The van der Waals surface area contributed by atoms with E-state index < -0.39 is 0 Å². The Labute approximate surface area is 154 Å². The number of piperazine rings is 1. The zero-order valence-electron chi connectivity index (χ0n) is 15.0. The monoisotopic (exact) mass is 351 g/mol. The third-order valence-electron chi connectivity index (χ3n) is 5.36. The molecule has 0 bridgehead atoms.